The van der Waals surface area contributed by atoms with Crippen LogP contribution in [0.15, 0.2) is 71.5 Å². The summed E-state index contributed by atoms with van der Waals surface area (Å²) >= 11 is 0. The molecule has 1 aromatic heterocycles. The fraction of sp³-hybridized carbons (Fsp3) is 0.160. The van der Waals surface area contributed by atoms with Crippen molar-refractivity contribution < 1.29 is 19.0 Å². The number of methoxy groups -OCH3 is 1. The summed E-state index contributed by atoms with van der Waals surface area (Å²) in [6, 6.07) is 20.0. The van der Waals surface area contributed by atoms with Gasteiger partial charge >= 0.3 is 5.69 Å². The third-order valence-corrected chi connectivity index (χ3v) is 5.46. The highest BCUT2D eigenvalue weighted by Gasteiger charge is 2.15. The third-order valence-electron chi connectivity index (χ3n) is 5.46. The summed E-state index contributed by atoms with van der Waals surface area (Å²) in [5.41, 5.74) is 1.66. The van der Waals surface area contributed by atoms with Gasteiger partial charge < -0.3 is 24.8 Å². The second kappa shape index (κ2) is 9.14. The highest BCUT2D eigenvalue weighted by molar-refractivity contribution is 5.93. The molecule has 0 saturated carbocycles. The van der Waals surface area contributed by atoms with E-state index in [1.807, 2.05) is 36.4 Å². The Balaban J connectivity index is 1.36. The maximum Gasteiger partial charge on any atom is 0.350 e. The first-order chi connectivity index (χ1) is 16.6. The van der Waals surface area contributed by atoms with Gasteiger partial charge in [-0.1, -0.05) is 18.2 Å². The van der Waals surface area contributed by atoms with Gasteiger partial charge in [0.25, 0.3) is 0 Å². The molecule has 5 rings (SSSR count). The molecule has 0 aliphatic carbocycles. The molecule has 34 heavy (non-hydrogen) atoms. The normalized spacial score (nSPS) is 11.9. The van der Waals surface area contributed by atoms with E-state index in [9.17, 15) is 9.59 Å². The van der Waals surface area contributed by atoms with Crippen LogP contribution < -0.4 is 30.5 Å². The predicted molar refractivity (Wildman–Crippen MR) is 128 cm³/mol. The standard InChI is InChI=1S/C25H22N4O5/c1-32-18-9-7-17(8-10-18)27-23(30)14-29-20-5-3-2-4-19(20)24(28-25(29)31)26-13-16-6-11-21-22(12-16)34-15-33-21/h2-12H,13-15H2,1H3,(H,27,30)(H,26,28,31). The zero-order valence-corrected chi connectivity index (χ0v) is 18.4. The number of anilines is 2. The molecule has 3 aromatic carbocycles. The molecular weight excluding hydrogens is 436 g/mol. The number of hydrogen-bond donors (Lipinski definition) is 2. The van der Waals surface area contributed by atoms with Crippen molar-refractivity contribution in [1.29, 1.82) is 0 Å². The topological polar surface area (TPSA) is 104 Å². The van der Waals surface area contributed by atoms with Gasteiger partial charge in [0.2, 0.25) is 12.7 Å². The van der Waals surface area contributed by atoms with Crippen LogP contribution in [-0.4, -0.2) is 29.4 Å². The van der Waals surface area contributed by atoms with Gasteiger partial charge in [-0.25, -0.2) is 4.79 Å². The lowest BCUT2D eigenvalue weighted by molar-refractivity contribution is -0.116. The molecule has 172 valence electrons. The van der Waals surface area contributed by atoms with E-state index in [0.717, 1.165) is 10.9 Å². The van der Waals surface area contributed by atoms with Crippen LogP contribution in [0.2, 0.25) is 0 Å². The van der Waals surface area contributed by atoms with Crippen molar-refractivity contribution in [2.24, 2.45) is 0 Å². The molecule has 4 aromatic rings. The van der Waals surface area contributed by atoms with Crippen molar-refractivity contribution in [2.45, 2.75) is 13.1 Å². The molecule has 0 radical (unpaired) electrons. The number of amides is 1. The lowest BCUT2D eigenvalue weighted by atomic mass is 10.2. The summed E-state index contributed by atoms with van der Waals surface area (Å²) in [7, 11) is 1.58. The molecule has 9 nitrogen and oxygen atoms in total. The summed E-state index contributed by atoms with van der Waals surface area (Å²) in [6.07, 6.45) is 0. The zero-order chi connectivity index (χ0) is 23.5. The molecule has 2 N–H and O–H groups in total. The second-order valence-corrected chi connectivity index (χ2v) is 7.66. The van der Waals surface area contributed by atoms with Crippen LogP contribution in [0.1, 0.15) is 5.56 Å². The van der Waals surface area contributed by atoms with Gasteiger partial charge in [-0.3, -0.25) is 9.36 Å². The molecule has 0 saturated heterocycles. The van der Waals surface area contributed by atoms with Crippen molar-refractivity contribution in [3.8, 4) is 17.2 Å². The first-order valence-electron chi connectivity index (χ1n) is 10.7. The summed E-state index contributed by atoms with van der Waals surface area (Å²) in [5, 5.41) is 6.77. The van der Waals surface area contributed by atoms with E-state index < -0.39 is 5.69 Å². The zero-order valence-electron chi connectivity index (χ0n) is 18.4. The average molecular weight is 458 g/mol. The molecule has 2 heterocycles. The fourth-order valence-electron chi connectivity index (χ4n) is 3.77. The smallest absolute Gasteiger partial charge is 0.350 e. The van der Waals surface area contributed by atoms with Crippen molar-refractivity contribution in [1.82, 2.24) is 9.55 Å². The Hall–Kier alpha value is -4.53. The van der Waals surface area contributed by atoms with Gasteiger partial charge in [-0.2, -0.15) is 4.98 Å². The van der Waals surface area contributed by atoms with Crippen LogP contribution in [0.3, 0.4) is 0 Å². The fourth-order valence-corrected chi connectivity index (χ4v) is 3.77. The molecule has 9 heteroatoms. The minimum absolute atomic E-state index is 0.166. The molecule has 0 bridgehead atoms. The van der Waals surface area contributed by atoms with E-state index in [1.54, 1.807) is 37.4 Å². The number of aromatic nitrogens is 2. The average Bonchev–Trinajstić information content (AvgIpc) is 3.33. The minimum Gasteiger partial charge on any atom is -0.497 e. The maximum atomic E-state index is 12.9. The number of hydrogen-bond acceptors (Lipinski definition) is 7. The first-order valence-corrected chi connectivity index (χ1v) is 10.7. The Morgan fingerprint density at radius 3 is 2.68 bits per heavy atom. The summed E-state index contributed by atoms with van der Waals surface area (Å²) in [4.78, 5) is 29.7. The van der Waals surface area contributed by atoms with E-state index in [1.165, 1.54) is 4.57 Å². The van der Waals surface area contributed by atoms with Crippen LogP contribution in [0.5, 0.6) is 17.2 Å². The van der Waals surface area contributed by atoms with Gasteiger partial charge in [0, 0.05) is 17.6 Å². The summed E-state index contributed by atoms with van der Waals surface area (Å²) in [5.74, 6) is 2.21. The van der Waals surface area contributed by atoms with E-state index in [-0.39, 0.29) is 19.2 Å². The van der Waals surface area contributed by atoms with Crippen molar-refractivity contribution in [2.75, 3.05) is 24.5 Å². The lowest BCUT2D eigenvalue weighted by Gasteiger charge is -2.14. The molecule has 0 spiro atoms. The number of carbonyl (C=O) groups excluding carboxylic acids is 1. The quantitative estimate of drug-likeness (QED) is 0.438. The predicted octanol–water partition coefficient (Wildman–Crippen LogP) is 3.38. The number of rotatable bonds is 7. The Morgan fingerprint density at radius 2 is 1.85 bits per heavy atom. The van der Waals surface area contributed by atoms with Gasteiger partial charge in [0.1, 0.15) is 18.1 Å². The summed E-state index contributed by atoms with van der Waals surface area (Å²) in [6.45, 7) is 0.485. The van der Waals surface area contributed by atoms with E-state index in [4.69, 9.17) is 14.2 Å². The molecule has 1 amide bonds. The van der Waals surface area contributed by atoms with E-state index >= 15 is 0 Å². The Kier molecular flexibility index (Phi) is 5.73. The molecule has 1 aliphatic heterocycles. The summed E-state index contributed by atoms with van der Waals surface area (Å²) < 4.78 is 17.3. The number of benzene rings is 3. The number of para-hydroxylation sites is 1. The monoisotopic (exact) mass is 458 g/mol. The van der Waals surface area contributed by atoms with Crippen LogP contribution in [0.4, 0.5) is 11.5 Å². The SMILES string of the molecule is COc1ccc(NC(=O)Cn2c(=O)nc(NCc3ccc4c(c3)OCO4)c3ccccc32)cc1. The Labute approximate surface area is 194 Å². The first kappa shape index (κ1) is 21.3. The highest BCUT2D eigenvalue weighted by Crippen LogP contribution is 2.32. The van der Waals surface area contributed by atoms with Gasteiger partial charge in [-0.05, 0) is 54.1 Å². The van der Waals surface area contributed by atoms with Crippen LogP contribution in [-0.2, 0) is 17.9 Å². The Morgan fingerprint density at radius 1 is 1.06 bits per heavy atom. The number of carbonyl (C=O) groups is 1. The molecule has 0 fully saturated rings. The number of nitrogens with one attached hydrogen (secondary N) is 2. The van der Waals surface area contributed by atoms with Crippen molar-refractivity contribution >= 4 is 28.3 Å². The van der Waals surface area contributed by atoms with E-state index in [0.29, 0.717) is 40.8 Å². The number of nitrogens with zero attached hydrogens (tertiary/aromatic N) is 2. The highest BCUT2D eigenvalue weighted by atomic mass is 16.7. The maximum absolute atomic E-state index is 12.9. The van der Waals surface area contributed by atoms with Crippen LogP contribution in [0.25, 0.3) is 10.9 Å². The van der Waals surface area contributed by atoms with Crippen LogP contribution >= 0.6 is 0 Å². The largest absolute Gasteiger partial charge is 0.497 e. The number of fused-ring (bicyclic) bond motifs is 2. The Bertz CT molecular complexity index is 1420. The van der Waals surface area contributed by atoms with E-state index in [2.05, 4.69) is 15.6 Å². The molecule has 0 atom stereocenters. The van der Waals surface area contributed by atoms with Crippen molar-refractivity contribution in [3.05, 3.63) is 82.8 Å². The molecule has 1 aliphatic rings. The molecule has 0 unspecified atom stereocenters. The van der Waals surface area contributed by atoms with Gasteiger partial charge in [0.05, 0.1) is 12.6 Å². The number of ether oxygens (including phenoxy) is 3. The lowest BCUT2D eigenvalue weighted by Crippen LogP contribution is -2.30. The minimum atomic E-state index is -0.517. The molecular formula is C25H22N4O5. The third kappa shape index (κ3) is 4.36. The van der Waals surface area contributed by atoms with Crippen molar-refractivity contribution in [3.63, 3.8) is 0 Å². The van der Waals surface area contributed by atoms with Gasteiger partial charge in [-0.15, -0.1) is 0 Å². The van der Waals surface area contributed by atoms with Crippen LogP contribution in [0, 0.1) is 0 Å². The second-order valence-electron chi connectivity index (χ2n) is 7.66. The van der Waals surface area contributed by atoms with Gasteiger partial charge in [0.15, 0.2) is 11.5 Å².